The molecule has 1 heterocycles. The third kappa shape index (κ3) is 6.18. The van der Waals surface area contributed by atoms with Gasteiger partial charge in [-0.1, -0.05) is 30.3 Å². The van der Waals surface area contributed by atoms with Gasteiger partial charge in [-0.2, -0.15) is 13.2 Å². The molecule has 0 saturated carbocycles. The molecule has 4 nitrogen and oxygen atoms in total. The first-order valence-corrected chi connectivity index (χ1v) is 11.1. The lowest BCUT2D eigenvalue weighted by atomic mass is 10.1. The molecule has 1 atom stereocenters. The first-order valence-electron chi connectivity index (χ1n) is 11.1. The van der Waals surface area contributed by atoms with E-state index in [2.05, 4.69) is 41.1 Å². The molecule has 1 aromatic heterocycles. The second kappa shape index (κ2) is 10.3. The van der Waals surface area contributed by atoms with Gasteiger partial charge in [0.25, 0.3) is 0 Å². The van der Waals surface area contributed by atoms with Crippen LogP contribution in [0, 0.1) is 6.92 Å². The van der Waals surface area contributed by atoms with Crippen LogP contribution in [0.5, 0.6) is 5.75 Å². The van der Waals surface area contributed by atoms with Crippen molar-refractivity contribution in [3.05, 3.63) is 101 Å². The van der Waals surface area contributed by atoms with Crippen molar-refractivity contribution < 1.29 is 23.0 Å². The van der Waals surface area contributed by atoms with Crippen LogP contribution in [0.3, 0.4) is 0 Å². The largest absolute Gasteiger partial charge is 0.491 e. The highest BCUT2D eigenvalue weighted by Gasteiger charge is 2.30. The number of rotatable bonds is 9. The number of aryl methyl sites for hydroxylation is 1. The van der Waals surface area contributed by atoms with Crippen LogP contribution < -0.4 is 4.74 Å². The third-order valence-corrected chi connectivity index (χ3v) is 5.77. The van der Waals surface area contributed by atoms with Gasteiger partial charge in [0.15, 0.2) is 0 Å². The molecule has 4 aromatic rings. The van der Waals surface area contributed by atoms with Crippen molar-refractivity contribution in [1.29, 1.82) is 0 Å². The second-order valence-corrected chi connectivity index (χ2v) is 8.48. The van der Waals surface area contributed by atoms with Gasteiger partial charge >= 0.3 is 6.18 Å². The first kappa shape index (κ1) is 23.9. The minimum Gasteiger partial charge on any atom is -0.491 e. The van der Waals surface area contributed by atoms with E-state index >= 15 is 0 Å². The quantitative estimate of drug-likeness (QED) is 0.320. The van der Waals surface area contributed by atoms with E-state index in [1.807, 2.05) is 30.5 Å². The zero-order chi connectivity index (χ0) is 24.1. The number of nitrogens with one attached hydrogen (secondary N) is 1. The van der Waals surface area contributed by atoms with E-state index < -0.39 is 17.8 Å². The monoisotopic (exact) mass is 468 g/mol. The average molecular weight is 469 g/mol. The Hall–Kier alpha value is -3.29. The number of aliphatic hydroxyl groups is 1. The summed E-state index contributed by atoms with van der Waals surface area (Å²) in [5, 5.41) is 11.8. The Morgan fingerprint density at radius 2 is 1.74 bits per heavy atom. The third-order valence-electron chi connectivity index (χ3n) is 5.77. The van der Waals surface area contributed by atoms with Crippen molar-refractivity contribution in [2.24, 2.45) is 0 Å². The van der Waals surface area contributed by atoms with E-state index in [-0.39, 0.29) is 12.4 Å². The van der Waals surface area contributed by atoms with Crippen LogP contribution in [0.15, 0.2) is 79.0 Å². The molecule has 0 radical (unpaired) electrons. The molecular weight excluding hydrogens is 441 g/mol. The maximum Gasteiger partial charge on any atom is 0.416 e. The van der Waals surface area contributed by atoms with E-state index in [0.29, 0.717) is 19.6 Å². The number of hydrogen-bond acceptors (Lipinski definition) is 3. The Balaban J connectivity index is 1.42. The average Bonchev–Trinajstić information content (AvgIpc) is 3.27. The number of hydrogen-bond donors (Lipinski definition) is 2. The van der Waals surface area contributed by atoms with Gasteiger partial charge in [-0.3, -0.25) is 4.90 Å². The Kier molecular flexibility index (Phi) is 7.24. The van der Waals surface area contributed by atoms with Crippen molar-refractivity contribution in [3.8, 4) is 5.75 Å². The van der Waals surface area contributed by atoms with Crippen LogP contribution >= 0.6 is 0 Å². The zero-order valence-electron chi connectivity index (χ0n) is 18.8. The van der Waals surface area contributed by atoms with Crippen molar-refractivity contribution in [3.63, 3.8) is 0 Å². The summed E-state index contributed by atoms with van der Waals surface area (Å²) < 4.78 is 43.8. The van der Waals surface area contributed by atoms with Crippen LogP contribution in [0.4, 0.5) is 13.2 Å². The summed E-state index contributed by atoms with van der Waals surface area (Å²) in [6.45, 7) is 3.66. The zero-order valence-corrected chi connectivity index (χ0v) is 18.8. The fourth-order valence-corrected chi connectivity index (χ4v) is 3.96. The molecule has 0 amide bonds. The highest BCUT2D eigenvalue weighted by Crippen LogP contribution is 2.30. The summed E-state index contributed by atoms with van der Waals surface area (Å²) in [5.41, 5.74) is 3.80. The van der Waals surface area contributed by atoms with Gasteiger partial charge in [0, 0.05) is 31.3 Å². The Labute approximate surface area is 196 Å². The molecule has 0 spiro atoms. The number of aliphatic hydroxyl groups excluding tert-OH is 1. The minimum atomic E-state index is -4.39. The maximum atomic E-state index is 12.7. The predicted octanol–water partition coefficient (Wildman–Crippen LogP) is 5.94. The van der Waals surface area contributed by atoms with Crippen LogP contribution in [0.2, 0.25) is 0 Å². The van der Waals surface area contributed by atoms with Gasteiger partial charge < -0.3 is 14.8 Å². The predicted molar refractivity (Wildman–Crippen MR) is 127 cm³/mol. The van der Waals surface area contributed by atoms with Crippen molar-refractivity contribution in [1.82, 2.24) is 9.88 Å². The number of fused-ring (bicyclic) bond motifs is 1. The number of benzene rings is 3. The topological polar surface area (TPSA) is 48.5 Å². The van der Waals surface area contributed by atoms with Crippen LogP contribution in [0.1, 0.15) is 22.3 Å². The fourth-order valence-electron chi connectivity index (χ4n) is 3.96. The summed E-state index contributed by atoms with van der Waals surface area (Å²) in [6.07, 6.45) is -3.30. The van der Waals surface area contributed by atoms with E-state index in [1.165, 1.54) is 23.3 Å². The lowest BCUT2D eigenvalue weighted by molar-refractivity contribution is -0.137. The van der Waals surface area contributed by atoms with Gasteiger partial charge in [0.1, 0.15) is 18.5 Å². The molecular formula is C27H27F3N2O2. The molecule has 0 fully saturated rings. The standard InChI is InChI=1S/C27H27F3N2O2/c1-19-4-2-3-5-22(19)16-32(15-20-6-11-26-21(14-20)12-13-31-26)17-24(33)18-34-25-9-7-23(8-10-25)27(28,29)30/h2-14,24,31,33H,15-18H2,1H3. The first-order chi connectivity index (χ1) is 16.3. The summed E-state index contributed by atoms with van der Waals surface area (Å²) >= 11 is 0. The number of H-pyrrole nitrogens is 1. The normalized spacial score (nSPS) is 12.9. The van der Waals surface area contributed by atoms with Crippen molar-refractivity contribution in [2.45, 2.75) is 32.3 Å². The highest BCUT2D eigenvalue weighted by molar-refractivity contribution is 5.79. The maximum absolute atomic E-state index is 12.7. The molecule has 4 rings (SSSR count). The van der Waals surface area contributed by atoms with Gasteiger partial charge in [0.2, 0.25) is 0 Å². The Morgan fingerprint density at radius 1 is 0.971 bits per heavy atom. The number of alkyl halides is 3. The molecule has 7 heteroatoms. The van der Waals surface area contributed by atoms with Gasteiger partial charge in [0.05, 0.1) is 5.56 Å². The molecule has 34 heavy (non-hydrogen) atoms. The summed E-state index contributed by atoms with van der Waals surface area (Å²) in [6, 6.07) is 20.9. The van der Waals surface area contributed by atoms with Gasteiger partial charge in [-0.15, -0.1) is 0 Å². The van der Waals surface area contributed by atoms with Crippen molar-refractivity contribution >= 4 is 10.9 Å². The molecule has 2 N–H and O–H groups in total. The Morgan fingerprint density at radius 3 is 2.47 bits per heavy atom. The number of ether oxygens (including phenoxy) is 1. The SMILES string of the molecule is Cc1ccccc1CN(Cc1ccc2[nH]ccc2c1)CC(O)COc1ccc(C(F)(F)F)cc1. The van der Waals surface area contributed by atoms with Crippen LogP contribution in [-0.4, -0.2) is 34.2 Å². The molecule has 3 aromatic carbocycles. The second-order valence-electron chi connectivity index (χ2n) is 8.48. The number of halogens is 3. The fraction of sp³-hybridized carbons (Fsp3) is 0.259. The van der Waals surface area contributed by atoms with Gasteiger partial charge in [-0.25, -0.2) is 0 Å². The summed E-state index contributed by atoms with van der Waals surface area (Å²) in [7, 11) is 0. The number of nitrogens with zero attached hydrogens (tertiary/aromatic N) is 1. The molecule has 0 aliphatic rings. The summed E-state index contributed by atoms with van der Waals surface area (Å²) in [4.78, 5) is 5.34. The van der Waals surface area contributed by atoms with E-state index in [4.69, 9.17) is 4.74 Å². The smallest absolute Gasteiger partial charge is 0.416 e. The van der Waals surface area contributed by atoms with E-state index in [9.17, 15) is 18.3 Å². The highest BCUT2D eigenvalue weighted by atomic mass is 19.4. The van der Waals surface area contributed by atoms with Crippen LogP contribution in [0.25, 0.3) is 10.9 Å². The Bertz CT molecular complexity index is 1220. The number of aromatic amines is 1. The molecule has 0 aliphatic carbocycles. The van der Waals surface area contributed by atoms with E-state index in [1.54, 1.807) is 0 Å². The number of aromatic nitrogens is 1. The van der Waals surface area contributed by atoms with E-state index in [0.717, 1.165) is 28.6 Å². The molecule has 178 valence electrons. The molecule has 1 unspecified atom stereocenters. The van der Waals surface area contributed by atoms with Crippen LogP contribution in [-0.2, 0) is 19.3 Å². The van der Waals surface area contributed by atoms with Crippen molar-refractivity contribution in [2.75, 3.05) is 13.2 Å². The minimum absolute atomic E-state index is 0.0213. The lowest BCUT2D eigenvalue weighted by Gasteiger charge is -2.26. The molecule has 0 saturated heterocycles. The van der Waals surface area contributed by atoms with Gasteiger partial charge in [-0.05, 0) is 71.5 Å². The molecule has 0 aliphatic heterocycles. The lowest BCUT2D eigenvalue weighted by Crippen LogP contribution is -2.35. The molecule has 0 bridgehead atoms. The summed E-state index contributed by atoms with van der Waals surface area (Å²) in [5.74, 6) is 0.287.